The van der Waals surface area contributed by atoms with E-state index in [-0.39, 0.29) is 29.4 Å². The number of allylic oxidation sites excluding steroid dienone is 8. The van der Waals surface area contributed by atoms with Crippen molar-refractivity contribution >= 4 is 118 Å². The molecule has 0 bridgehead atoms. The van der Waals surface area contributed by atoms with E-state index >= 15 is 0 Å². The summed E-state index contributed by atoms with van der Waals surface area (Å²) in [5.74, 6) is 0.151. The van der Waals surface area contributed by atoms with Gasteiger partial charge in [-0.3, -0.25) is 0 Å². The van der Waals surface area contributed by atoms with E-state index in [4.69, 9.17) is 0 Å². The zero-order valence-electron chi connectivity index (χ0n) is 69.9. The SMILES string of the molecule is CC(C)(C)c1cc(-c2ccccc2)c(N2c3ccc(C4=CC=C5C=CC=C6c7cccc8cccc(c78)C4C56)cc3B3c4ccc(-n5c6ccccc6c6ccccc65)cc4N(c4c(-c5ccccc5)cc(C(C)(C)C)cc4-c4ccccc4)c4cc(N(c5ccc(-c6ccccc6)cc5)c5ccc(-c6ccccc6)cc5)cc2c43)c(-c2ccccc2)c1. The molecular formula is C118H89BN4. The quantitative estimate of drug-likeness (QED) is 0.107. The highest BCUT2D eigenvalue weighted by molar-refractivity contribution is 7.00. The summed E-state index contributed by atoms with van der Waals surface area (Å²) >= 11 is 0. The van der Waals surface area contributed by atoms with Crippen LogP contribution in [0.3, 0.4) is 0 Å². The fourth-order valence-electron chi connectivity index (χ4n) is 20.8. The van der Waals surface area contributed by atoms with Crippen molar-refractivity contribution in [1.29, 1.82) is 0 Å². The molecule has 2 unspecified atom stereocenters. The highest BCUT2D eigenvalue weighted by Gasteiger charge is 2.48. The van der Waals surface area contributed by atoms with Crippen molar-refractivity contribution < 1.29 is 0 Å². The predicted octanol–water partition coefficient (Wildman–Crippen LogP) is 29.8. The highest BCUT2D eigenvalue weighted by atomic mass is 15.2. The lowest BCUT2D eigenvalue weighted by atomic mass is 9.33. The first-order valence-electron chi connectivity index (χ1n) is 43.4. The van der Waals surface area contributed by atoms with Gasteiger partial charge in [0.05, 0.1) is 28.1 Å². The molecule has 2 aliphatic heterocycles. The first-order chi connectivity index (χ1) is 60.3. The van der Waals surface area contributed by atoms with E-state index < -0.39 is 0 Å². The topological polar surface area (TPSA) is 14.7 Å². The van der Waals surface area contributed by atoms with Crippen molar-refractivity contribution in [2.75, 3.05) is 14.7 Å². The minimum absolute atomic E-state index is 0.0311. The van der Waals surface area contributed by atoms with Gasteiger partial charge in [0.2, 0.25) is 0 Å². The van der Waals surface area contributed by atoms with E-state index in [1.165, 1.54) is 82.5 Å². The van der Waals surface area contributed by atoms with Gasteiger partial charge >= 0.3 is 0 Å². The molecule has 5 aliphatic rings. The molecule has 5 heteroatoms. The third-order valence-corrected chi connectivity index (χ3v) is 26.6. The van der Waals surface area contributed by atoms with Crippen LogP contribution in [0.5, 0.6) is 0 Å². The number of anilines is 9. The summed E-state index contributed by atoms with van der Waals surface area (Å²) in [4.78, 5) is 8.04. The van der Waals surface area contributed by atoms with Crippen LogP contribution in [0, 0.1) is 5.92 Å². The number of hydrogen-bond acceptors (Lipinski definition) is 3. The molecule has 584 valence electrons. The Morgan fingerprint density at radius 1 is 0.301 bits per heavy atom. The minimum Gasteiger partial charge on any atom is -0.310 e. The van der Waals surface area contributed by atoms with Crippen molar-refractivity contribution in [1.82, 2.24) is 4.57 Å². The molecule has 4 nitrogen and oxygen atoms in total. The second-order valence-electron chi connectivity index (χ2n) is 35.8. The fourth-order valence-corrected chi connectivity index (χ4v) is 20.8. The van der Waals surface area contributed by atoms with Crippen molar-refractivity contribution in [3.63, 3.8) is 0 Å². The predicted molar refractivity (Wildman–Crippen MR) is 523 cm³/mol. The molecule has 1 aromatic heterocycles. The second kappa shape index (κ2) is 29.0. The lowest BCUT2D eigenvalue weighted by molar-refractivity contribution is 0.590. The smallest absolute Gasteiger partial charge is 0.252 e. The highest BCUT2D eigenvalue weighted by Crippen LogP contribution is 2.60. The summed E-state index contributed by atoms with van der Waals surface area (Å²) in [7, 11) is 0. The van der Waals surface area contributed by atoms with Crippen LogP contribution in [0.2, 0.25) is 0 Å². The summed E-state index contributed by atoms with van der Waals surface area (Å²) in [6.45, 7) is 13.8. The first-order valence-corrected chi connectivity index (χ1v) is 43.4. The number of fused-ring (bicyclic) bond motifs is 9. The van der Waals surface area contributed by atoms with Crippen molar-refractivity contribution in [2.45, 2.75) is 58.3 Å². The maximum atomic E-state index is 2.75. The molecule has 0 amide bonds. The molecule has 2 atom stereocenters. The van der Waals surface area contributed by atoms with Crippen molar-refractivity contribution in [3.05, 3.63) is 452 Å². The van der Waals surface area contributed by atoms with Gasteiger partial charge in [0.25, 0.3) is 6.71 Å². The number of hydrogen-bond donors (Lipinski definition) is 0. The minimum atomic E-state index is -0.361. The van der Waals surface area contributed by atoms with E-state index in [1.54, 1.807) is 0 Å². The third-order valence-electron chi connectivity index (χ3n) is 26.6. The Bertz CT molecular complexity index is 7150. The van der Waals surface area contributed by atoms with E-state index in [2.05, 4.69) is 479 Å². The Morgan fingerprint density at radius 3 is 1.23 bits per heavy atom. The third kappa shape index (κ3) is 12.2. The first kappa shape index (κ1) is 73.4. The molecule has 0 spiro atoms. The van der Waals surface area contributed by atoms with Crippen LogP contribution >= 0.6 is 0 Å². The van der Waals surface area contributed by atoms with Gasteiger partial charge in [-0.15, -0.1) is 0 Å². The summed E-state index contributed by atoms with van der Waals surface area (Å²) in [6.07, 6.45) is 12.0. The van der Waals surface area contributed by atoms with E-state index in [9.17, 15) is 0 Å². The van der Waals surface area contributed by atoms with Crippen LogP contribution in [0.25, 0.3) is 116 Å². The Kier molecular flexibility index (Phi) is 17.3. The number of para-hydroxylation sites is 2. The maximum absolute atomic E-state index is 2.75. The van der Waals surface area contributed by atoms with E-state index in [0.717, 1.165) is 135 Å². The molecule has 0 fully saturated rings. The fraction of sp³-hybridized carbons (Fsp3) is 0.0847. The van der Waals surface area contributed by atoms with Gasteiger partial charge < -0.3 is 19.3 Å². The summed E-state index contributed by atoms with van der Waals surface area (Å²) in [6, 6.07) is 148. The average molecular weight is 1570 g/mol. The number of nitrogens with zero attached hydrogens (tertiary/aromatic N) is 4. The average Bonchev–Trinajstić information content (AvgIpc) is 1.23. The normalized spacial score (nSPS) is 14.8. The van der Waals surface area contributed by atoms with E-state index in [0.29, 0.717) is 0 Å². The molecule has 0 radical (unpaired) electrons. The van der Waals surface area contributed by atoms with Gasteiger partial charge in [-0.25, -0.2) is 0 Å². The number of aromatic nitrogens is 1. The standard InChI is InChI=1S/C118H89BN4/c1-117(2,3)87-69-99(80-36-17-9-18-37-80)115(100(70-87)81-38-19-10-20-39-81)122-107-67-59-86(93-65-58-85-46-30-50-97-96-49-29-44-84-45-31-51-98(111(84)96)113(93)112(85)97)68-104(107)119-103-66-64-91(121-105-52-27-25-47-94(105)95-48-26-28-53-106(95)121)73-108(103)123(116-101(82-40-21-11-22-41-82)71-88(118(4,5)6)72-102(116)83-42-23-12-24-43-83)110-75-92(74-109(122)114(110)119)120(89-60-54-78(55-61-89)76-32-13-7-14-33-76)90-62-56-79(57-63-90)77-34-15-8-16-35-77/h7-75,112-113H,1-6H3. The Labute approximate surface area is 721 Å². The van der Waals surface area contributed by atoms with Gasteiger partial charge in [-0.2, -0.15) is 0 Å². The zero-order valence-corrected chi connectivity index (χ0v) is 69.9. The molecular weight excluding hydrogens is 1480 g/mol. The maximum Gasteiger partial charge on any atom is 0.252 e. The summed E-state index contributed by atoms with van der Waals surface area (Å²) in [5.41, 5.74) is 40.3. The van der Waals surface area contributed by atoms with E-state index in [1.807, 2.05) is 0 Å². The van der Waals surface area contributed by atoms with Gasteiger partial charge in [0, 0.05) is 84.7 Å². The van der Waals surface area contributed by atoms with Gasteiger partial charge in [0.15, 0.2) is 0 Å². The molecule has 3 aliphatic carbocycles. The van der Waals surface area contributed by atoms with Gasteiger partial charge in [-0.05, 0) is 218 Å². The molecule has 23 rings (SSSR count). The Morgan fingerprint density at radius 2 is 0.740 bits per heavy atom. The number of benzene rings is 17. The molecule has 3 heterocycles. The largest absolute Gasteiger partial charge is 0.310 e. The van der Waals surface area contributed by atoms with Crippen LogP contribution in [0.4, 0.5) is 51.2 Å². The Hall–Kier alpha value is -14.8. The second-order valence-corrected chi connectivity index (χ2v) is 35.8. The van der Waals surface area contributed by atoms with Crippen LogP contribution in [-0.2, 0) is 10.8 Å². The van der Waals surface area contributed by atoms with Crippen molar-refractivity contribution in [2.24, 2.45) is 5.92 Å². The van der Waals surface area contributed by atoms with Gasteiger partial charge in [0.1, 0.15) is 0 Å². The lowest BCUT2D eigenvalue weighted by Crippen LogP contribution is -2.61. The summed E-state index contributed by atoms with van der Waals surface area (Å²) < 4.78 is 2.52. The monoisotopic (exact) mass is 1570 g/mol. The van der Waals surface area contributed by atoms with Crippen LogP contribution < -0.4 is 31.1 Å². The van der Waals surface area contributed by atoms with Crippen molar-refractivity contribution in [3.8, 4) is 72.4 Å². The molecule has 18 aromatic rings. The summed E-state index contributed by atoms with van der Waals surface area (Å²) in [5, 5.41) is 5.05. The number of rotatable bonds is 13. The molecule has 17 aromatic carbocycles. The van der Waals surface area contributed by atoms with Crippen LogP contribution in [0.15, 0.2) is 424 Å². The van der Waals surface area contributed by atoms with Gasteiger partial charge in [-0.1, -0.05) is 369 Å². The molecule has 0 saturated carbocycles. The molecule has 123 heavy (non-hydrogen) atoms. The molecule has 0 N–H and O–H groups in total. The molecule has 0 saturated heterocycles. The van der Waals surface area contributed by atoms with Crippen LogP contribution in [-0.4, -0.2) is 11.3 Å². The van der Waals surface area contributed by atoms with Crippen LogP contribution in [0.1, 0.15) is 75.3 Å². The lowest BCUT2D eigenvalue weighted by Gasteiger charge is -2.47. The Balaban J connectivity index is 0.904. The zero-order chi connectivity index (χ0) is 82.3.